The third-order valence-electron chi connectivity index (χ3n) is 3.19. The van der Waals surface area contributed by atoms with Gasteiger partial charge in [0.2, 0.25) is 5.91 Å². The second-order valence-corrected chi connectivity index (χ2v) is 7.91. The molecule has 0 saturated carbocycles. The standard InChI is InChI=1S/C13H16BrNO3S/c1-19(17,18)11-6-4-10(5-7-11)9-15-8-2-3-12(14)13(15)16/h4-7,12H,2-3,8-9H2,1H3. The smallest absolute Gasteiger partial charge is 0.236 e. The summed E-state index contributed by atoms with van der Waals surface area (Å²) in [5.41, 5.74) is 0.947. The molecule has 4 nitrogen and oxygen atoms in total. The molecule has 1 aliphatic rings. The van der Waals surface area contributed by atoms with Gasteiger partial charge in [-0.2, -0.15) is 0 Å². The number of piperidine rings is 1. The van der Waals surface area contributed by atoms with Gasteiger partial charge in [-0.15, -0.1) is 0 Å². The van der Waals surface area contributed by atoms with E-state index in [9.17, 15) is 13.2 Å². The third-order valence-corrected chi connectivity index (χ3v) is 5.17. The lowest BCUT2D eigenvalue weighted by Crippen LogP contribution is -2.41. The van der Waals surface area contributed by atoms with Crippen molar-refractivity contribution in [1.29, 1.82) is 0 Å². The zero-order valence-corrected chi connectivity index (χ0v) is 13.1. The van der Waals surface area contributed by atoms with Crippen LogP contribution in [0.1, 0.15) is 18.4 Å². The molecule has 1 amide bonds. The minimum atomic E-state index is -3.16. The number of carbonyl (C=O) groups is 1. The van der Waals surface area contributed by atoms with E-state index in [2.05, 4.69) is 15.9 Å². The van der Waals surface area contributed by atoms with Crippen LogP contribution in [0.4, 0.5) is 0 Å². The highest BCUT2D eigenvalue weighted by molar-refractivity contribution is 9.10. The van der Waals surface area contributed by atoms with E-state index in [0.717, 1.165) is 24.9 Å². The van der Waals surface area contributed by atoms with Crippen molar-refractivity contribution in [2.75, 3.05) is 12.8 Å². The maximum atomic E-state index is 11.9. The van der Waals surface area contributed by atoms with E-state index in [1.165, 1.54) is 6.26 Å². The number of carbonyl (C=O) groups excluding carboxylic acids is 1. The summed E-state index contributed by atoms with van der Waals surface area (Å²) < 4.78 is 22.7. The first-order chi connectivity index (χ1) is 8.88. The van der Waals surface area contributed by atoms with Crippen molar-refractivity contribution < 1.29 is 13.2 Å². The zero-order valence-electron chi connectivity index (χ0n) is 10.7. The molecule has 0 aromatic heterocycles. The molecule has 0 N–H and O–H groups in total. The molecule has 6 heteroatoms. The van der Waals surface area contributed by atoms with E-state index in [1.807, 2.05) is 0 Å². The van der Waals surface area contributed by atoms with Gasteiger partial charge in [0, 0.05) is 19.3 Å². The van der Waals surface area contributed by atoms with Crippen LogP contribution < -0.4 is 0 Å². The van der Waals surface area contributed by atoms with Crippen LogP contribution in [0.25, 0.3) is 0 Å². The molecule has 19 heavy (non-hydrogen) atoms. The van der Waals surface area contributed by atoms with Crippen LogP contribution in [0.5, 0.6) is 0 Å². The molecule has 1 unspecified atom stereocenters. The first-order valence-electron chi connectivity index (χ1n) is 6.10. The van der Waals surface area contributed by atoms with Gasteiger partial charge in [0.1, 0.15) is 0 Å². The lowest BCUT2D eigenvalue weighted by atomic mass is 10.1. The van der Waals surface area contributed by atoms with Crippen molar-refractivity contribution in [3.63, 3.8) is 0 Å². The molecule has 0 aliphatic carbocycles. The second-order valence-electron chi connectivity index (χ2n) is 4.79. The average Bonchev–Trinajstić information content (AvgIpc) is 2.35. The van der Waals surface area contributed by atoms with Crippen LogP contribution in [0.2, 0.25) is 0 Å². The number of benzene rings is 1. The third kappa shape index (κ3) is 3.57. The minimum absolute atomic E-state index is 0.0865. The molecule has 0 radical (unpaired) electrons. The van der Waals surface area contributed by atoms with Crippen molar-refractivity contribution in [2.45, 2.75) is 29.1 Å². The van der Waals surface area contributed by atoms with Gasteiger partial charge < -0.3 is 4.90 Å². The van der Waals surface area contributed by atoms with Crippen molar-refractivity contribution >= 4 is 31.7 Å². The Bertz CT molecular complexity index is 568. The molecule has 1 heterocycles. The molecule has 0 spiro atoms. The summed E-state index contributed by atoms with van der Waals surface area (Å²) in [5.74, 6) is 0.110. The van der Waals surface area contributed by atoms with Gasteiger partial charge in [-0.1, -0.05) is 28.1 Å². The van der Waals surface area contributed by atoms with Crippen molar-refractivity contribution in [3.05, 3.63) is 29.8 Å². The largest absolute Gasteiger partial charge is 0.337 e. The maximum absolute atomic E-state index is 11.9. The van der Waals surface area contributed by atoms with E-state index >= 15 is 0 Å². The van der Waals surface area contributed by atoms with Crippen LogP contribution >= 0.6 is 15.9 Å². The summed E-state index contributed by atoms with van der Waals surface area (Å²) in [6.45, 7) is 1.29. The molecular formula is C13H16BrNO3S. The number of rotatable bonds is 3. The number of hydrogen-bond acceptors (Lipinski definition) is 3. The monoisotopic (exact) mass is 345 g/mol. The molecular weight excluding hydrogens is 330 g/mol. The normalized spacial score (nSPS) is 20.6. The zero-order chi connectivity index (χ0) is 14.0. The van der Waals surface area contributed by atoms with Gasteiger partial charge in [-0.05, 0) is 30.5 Å². The van der Waals surface area contributed by atoms with Gasteiger partial charge in [-0.3, -0.25) is 4.79 Å². The predicted molar refractivity (Wildman–Crippen MR) is 76.9 cm³/mol. The quantitative estimate of drug-likeness (QED) is 0.787. The molecule has 1 atom stereocenters. The van der Waals surface area contributed by atoms with Crippen LogP contribution in [0.3, 0.4) is 0 Å². The number of halogens is 1. The average molecular weight is 346 g/mol. The van der Waals surface area contributed by atoms with Gasteiger partial charge in [0.25, 0.3) is 0 Å². The summed E-state index contributed by atoms with van der Waals surface area (Å²) in [6, 6.07) is 6.71. The lowest BCUT2D eigenvalue weighted by Gasteiger charge is -2.29. The Morgan fingerprint density at radius 2 is 1.95 bits per heavy atom. The van der Waals surface area contributed by atoms with Crippen LogP contribution in [0, 0.1) is 0 Å². The van der Waals surface area contributed by atoms with Gasteiger partial charge in [-0.25, -0.2) is 8.42 Å². The Morgan fingerprint density at radius 3 is 2.53 bits per heavy atom. The summed E-state index contributed by atoms with van der Waals surface area (Å²) >= 11 is 3.37. The van der Waals surface area contributed by atoms with E-state index in [4.69, 9.17) is 0 Å². The maximum Gasteiger partial charge on any atom is 0.236 e. The van der Waals surface area contributed by atoms with Crippen molar-refractivity contribution in [3.8, 4) is 0 Å². The number of nitrogens with zero attached hydrogens (tertiary/aromatic N) is 1. The number of hydrogen-bond donors (Lipinski definition) is 0. The molecule has 104 valence electrons. The fourth-order valence-electron chi connectivity index (χ4n) is 2.11. The fourth-order valence-corrected chi connectivity index (χ4v) is 3.36. The highest BCUT2D eigenvalue weighted by Gasteiger charge is 2.26. The molecule has 0 bridgehead atoms. The van der Waals surface area contributed by atoms with Gasteiger partial charge >= 0.3 is 0 Å². The molecule has 1 fully saturated rings. The SMILES string of the molecule is CS(=O)(=O)c1ccc(CN2CCCC(Br)C2=O)cc1. The first kappa shape index (κ1) is 14.5. The van der Waals surface area contributed by atoms with E-state index in [0.29, 0.717) is 11.4 Å². The highest BCUT2D eigenvalue weighted by Crippen LogP contribution is 2.20. The van der Waals surface area contributed by atoms with Gasteiger partial charge in [0.15, 0.2) is 9.84 Å². The fraction of sp³-hybridized carbons (Fsp3) is 0.462. The molecule has 1 aromatic rings. The highest BCUT2D eigenvalue weighted by atomic mass is 79.9. The van der Waals surface area contributed by atoms with E-state index in [-0.39, 0.29) is 10.7 Å². The number of amides is 1. The summed E-state index contributed by atoms with van der Waals surface area (Å²) in [6.07, 6.45) is 3.05. The Balaban J connectivity index is 2.09. The molecule has 1 aromatic carbocycles. The minimum Gasteiger partial charge on any atom is -0.337 e. The van der Waals surface area contributed by atoms with E-state index < -0.39 is 9.84 Å². The van der Waals surface area contributed by atoms with Crippen LogP contribution in [-0.4, -0.2) is 36.9 Å². The van der Waals surface area contributed by atoms with Crippen molar-refractivity contribution in [2.24, 2.45) is 0 Å². The lowest BCUT2D eigenvalue weighted by molar-refractivity contribution is -0.133. The number of likely N-dealkylation sites (tertiary alicyclic amines) is 1. The van der Waals surface area contributed by atoms with Crippen LogP contribution in [-0.2, 0) is 21.2 Å². The Kier molecular flexibility index (Phi) is 4.30. The Morgan fingerprint density at radius 1 is 1.32 bits per heavy atom. The topological polar surface area (TPSA) is 54.5 Å². The molecule has 2 rings (SSSR count). The Hall–Kier alpha value is -0.880. The van der Waals surface area contributed by atoms with E-state index in [1.54, 1.807) is 29.2 Å². The summed E-state index contributed by atoms with van der Waals surface area (Å²) in [7, 11) is -3.16. The van der Waals surface area contributed by atoms with Gasteiger partial charge in [0.05, 0.1) is 9.72 Å². The van der Waals surface area contributed by atoms with Crippen LogP contribution in [0.15, 0.2) is 29.2 Å². The Labute approximate surface area is 121 Å². The van der Waals surface area contributed by atoms with Crippen molar-refractivity contribution in [1.82, 2.24) is 4.90 Å². The summed E-state index contributed by atoms with van der Waals surface area (Å²) in [4.78, 5) is 14.0. The number of sulfone groups is 1. The molecule has 1 saturated heterocycles. The number of alkyl halides is 1. The first-order valence-corrected chi connectivity index (χ1v) is 8.90. The summed E-state index contributed by atoms with van der Waals surface area (Å²) in [5, 5.41) is 0. The predicted octanol–water partition coefficient (Wildman–Crippen LogP) is 1.98. The molecule has 1 aliphatic heterocycles. The second kappa shape index (κ2) is 5.63.